The van der Waals surface area contributed by atoms with Gasteiger partial charge in [-0.2, -0.15) is 5.26 Å². The summed E-state index contributed by atoms with van der Waals surface area (Å²) < 4.78 is 0. The van der Waals surface area contributed by atoms with E-state index in [1.807, 2.05) is 31.2 Å². The molecule has 2 aromatic rings. The summed E-state index contributed by atoms with van der Waals surface area (Å²) in [5.74, 6) is 0. The summed E-state index contributed by atoms with van der Waals surface area (Å²) in [5, 5.41) is 9.95. The fraction of sp³-hybridized carbons (Fsp3) is 0.0769. The van der Waals surface area contributed by atoms with Crippen LogP contribution < -0.4 is 0 Å². The largest absolute Gasteiger partial charge is 0.229 e. The second kappa shape index (κ2) is 5.22. The van der Waals surface area contributed by atoms with E-state index in [9.17, 15) is 0 Å². The molecule has 0 saturated carbocycles. The molecular formula is C13H9ClN2S. The molecule has 2 nitrogen and oxygen atoms in total. The molecule has 2 rings (SSSR count). The van der Waals surface area contributed by atoms with Crippen LogP contribution in [0.2, 0.25) is 5.15 Å². The Hall–Kier alpha value is -1.50. The van der Waals surface area contributed by atoms with Gasteiger partial charge in [0.25, 0.3) is 0 Å². The van der Waals surface area contributed by atoms with Gasteiger partial charge in [0.05, 0.1) is 11.6 Å². The Balaban J connectivity index is 2.34. The highest BCUT2D eigenvalue weighted by molar-refractivity contribution is 7.99. The normalized spacial score (nSPS) is 9.94. The summed E-state index contributed by atoms with van der Waals surface area (Å²) in [7, 11) is 0. The molecule has 0 radical (unpaired) electrons. The molecule has 0 N–H and O–H groups in total. The number of hydrogen-bond donors (Lipinski definition) is 0. The van der Waals surface area contributed by atoms with Gasteiger partial charge in [-0.05, 0) is 30.7 Å². The van der Waals surface area contributed by atoms with Crippen molar-refractivity contribution in [2.75, 3.05) is 0 Å². The molecule has 0 amide bonds. The van der Waals surface area contributed by atoms with Crippen molar-refractivity contribution in [3.63, 3.8) is 0 Å². The Bertz CT molecular complexity index is 590. The molecule has 0 atom stereocenters. The van der Waals surface area contributed by atoms with Gasteiger partial charge in [-0.3, -0.25) is 0 Å². The zero-order valence-corrected chi connectivity index (χ0v) is 10.7. The maximum absolute atomic E-state index is 8.86. The maximum Gasteiger partial charge on any atom is 0.131 e. The van der Waals surface area contributed by atoms with Crippen LogP contribution in [0, 0.1) is 18.3 Å². The molecule has 0 fully saturated rings. The Kier molecular flexibility index (Phi) is 3.68. The van der Waals surface area contributed by atoms with E-state index in [0.29, 0.717) is 10.7 Å². The SMILES string of the molecule is Cc1ccccc1Sc1cc(C#N)cc(Cl)n1. The Morgan fingerprint density at radius 2 is 2.06 bits per heavy atom. The molecule has 0 spiro atoms. The number of nitrogens with zero attached hydrogens (tertiary/aromatic N) is 2. The van der Waals surface area contributed by atoms with E-state index in [-0.39, 0.29) is 0 Å². The lowest BCUT2D eigenvalue weighted by Crippen LogP contribution is -1.85. The van der Waals surface area contributed by atoms with Crippen molar-refractivity contribution < 1.29 is 0 Å². The number of rotatable bonds is 2. The molecule has 84 valence electrons. The van der Waals surface area contributed by atoms with Gasteiger partial charge in [0.15, 0.2) is 0 Å². The second-order valence-electron chi connectivity index (χ2n) is 3.50. The molecule has 0 aliphatic carbocycles. The van der Waals surface area contributed by atoms with Gasteiger partial charge in [-0.1, -0.05) is 41.6 Å². The third-order valence-electron chi connectivity index (χ3n) is 2.21. The van der Waals surface area contributed by atoms with E-state index in [2.05, 4.69) is 11.1 Å². The minimum absolute atomic E-state index is 0.347. The van der Waals surface area contributed by atoms with Crippen LogP contribution in [0.1, 0.15) is 11.1 Å². The molecule has 1 aromatic carbocycles. The standard InChI is InChI=1S/C13H9ClN2S/c1-9-4-2-3-5-11(9)17-13-7-10(8-15)6-12(14)16-13/h2-7H,1H3. The van der Waals surface area contributed by atoms with Gasteiger partial charge in [-0.25, -0.2) is 4.98 Å². The fourth-order valence-corrected chi connectivity index (χ4v) is 2.56. The van der Waals surface area contributed by atoms with E-state index in [0.717, 1.165) is 9.92 Å². The van der Waals surface area contributed by atoms with Crippen molar-refractivity contribution in [1.29, 1.82) is 5.26 Å². The van der Waals surface area contributed by atoms with Crippen molar-refractivity contribution in [1.82, 2.24) is 4.98 Å². The lowest BCUT2D eigenvalue weighted by Gasteiger charge is -2.04. The van der Waals surface area contributed by atoms with Crippen molar-refractivity contribution in [2.45, 2.75) is 16.8 Å². The number of nitriles is 1. The zero-order valence-electron chi connectivity index (χ0n) is 9.14. The van der Waals surface area contributed by atoms with Crippen molar-refractivity contribution in [3.05, 3.63) is 52.7 Å². The minimum Gasteiger partial charge on any atom is -0.229 e. The smallest absolute Gasteiger partial charge is 0.131 e. The van der Waals surface area contributed by atoms with Gasteiger partial charge in [-0.15, -0.1) is 0 Å². The average molecular weight is 261 g/mol. The number of aryl methyl sites for hydroxylation is 1. The lowest BCUT2D eigenvalue weighted by atomic mass is 10.2. The molecule has 0 unspecified atom stereocenters. The van der Waals surface area contributed by atoms with Gasteiger partial charge >= 0.3 is 0 Å². The molecule has 17 heavy (non-hydrogen) atoms. The van der Waals surface area contributed by atoms with E-state index < -0.39 is 0 Å². The lowest BCUT2D eigenvalue weighted by molar-refractivity contribution is 1.12. The molecule has 0 aliphatic heterocycles. The first kappa shape index (κ1) is 12.0. The van der Waals surface area contributed by atoms with Gasteiger partial charge < -0.3 is 0 Å². The molecular weight excluding hydrogens is 252 g/mol. The molecule has 1 aromatic heterocycles. The first-order valence-electron chi connectivity index (χ1n) is 5.00. The third-order valence-corrected chi connectivity index (χ3v) is 3.50. The number of hydrogen-bond acceptors (Lipinski definition) is 3. The highest BCUT2D eigenvalue weighted by Gasteiger charge is 2.05. The predicted octanol–water partition coefficient (Wildman–Crippen LogP) is 4.07. The van der Waals surface area contributed by atoms with Crippen LogP contribution in [0.4, 0.5) is 0 Å². The zero-order chi connectivity index (χ0) is 12.3. The number of benzene rings is 1. The monoisotopic (exact) mass is 260 g/mol. The van der Waals surface area contributed by atoms with E-state index in [4.69, 9.17) is 16.9 Å². The van der Waals surface area contributed by atoms with Gasteiger partial charge in [0.2, 0.25) is 0 Å². The van der Waals surface area contributed by atoms with Crippen LogP contribution in [-0.4, -0.2) is 4.98 Å². The fourth-order valence-electron chi connectivity index (χ4n) is 1.37. The highest BCUT2D eigenvalue weighted by atomic mass is 35.5. The van der Waals surface area contributed by atoms with Gasteiger partial charge in [0, 0.05) is 4.90 Å². The average Bonchev–Trinajstić information content (AvgIpc) is 2.31. The quantitative estimate of drug-likeness (QED) is 0.764. The summed E-state index contributed by atoms with van der Waals surface area (Å²) in [5.41, 5.74) is 1.71. The Morgan fingerprint density at radius 3 is 2.76 bits per heavy atom. The predicted molar refractivity (Wildman–Crippen MR) is 69.3 cm³/mol. The molecule has 0 bridgehead atoms. The van der Waals surface area contributed by atoms with Crippen molar-refractivity contribution in [2.24, 2.45) is 0 Å². The summed E-state index contributed by atoms with van der Waals surface area (Å²) in [6.45, 7) is 2.04. The number of aromatic nitrogens is 1. The van der Waals surface area contributed by atoms with Crippen molar-refractivity contribution in [3.8, 4) is 6.07 Å². The first-order valence-corrected chi connectivity index (χ1v) is 6.19. The van der Waals surface area contributed by atoms with Crippen LogP contribution in [0.15, 0.2) is 46.3 Å². The van der Waals surface area contributed by atoms with Gasteiger partial charge in [0.1, 0.15) is 10.2 Å². The summed E-state index contributed by atoms with van der Waals surface area (Å²) in [4.78, 5) is 5.31. The molecule has 0 saturated heterocycles. The van der Waals surface area contributed by atoms with Crippen LogP contribution >= 0.6 is 23.4 Å². The van der Waals surface area contributed by atoms with E-state index in [1.54, 1.807) is 12.1 Å². The van der Waals surface area contributed by atoms with E-state index in [1.165, 1.54) is 17.3 Å². The van der Waals surface area contributed by atoms with Crippen LogP contribution in [-0.2, 0) is 0 Å². The minimum atomic E-state index is 0.347. The van der Waals surface area contributed by atoms with E-state index >= 15 is 0 Å². The molecule has 1 heterocycles. The Morgan fingerprint density at radius 1 is 1.29 bits per heavy atom. The Labute approximate surface area is 109 Å². The summed E-state index contributed by atoms with van der Waals surface area (Å²) in [6.07, 6.45) is 0. The number of halogens is 1. The summed E-state index contributed by atoms with van der Waals surface area (Å²) >= 11 is 7.37. The summed E-state index contributed by atoms with van der Waals surface area (Å²) in [6, 6.07) is 13.4. The van der Waals surface area contributed by atoms with Crippen LogP contribution in [0.5, 0.6) is 0 Å². The highest BCUT2D eigenvalue weighted by Crippen LogP contribution is 2.30. The van der Waals surface area contributed by atoms with Crippen LogP contribution in [0.25, 0.3) is 0 Å². The maximum atomic E-state index is 8.86. The number of pyridine rings is 1. The topological polar surface area (TPSA) is 36.7 Å². The van der Waals surface area contributed by atoms with Crippen LogP contribution in [0.3, 0.4) is 0 Å². The molecule has 0 aliphatic rings. The second-order valence-corrected chi connectivity index (χ2v) is 4.95. The van der Waals surface area contributed by atoms with Crippen molar-refractivity contribution >= 4 is 23.4 Å². The molecule has 4 heteroatoms. The third kappa shape index (κ3) is 3.00. The first-order chi connectivity index (χ1) is 8.19.